The van der Waals surface area contributed by atoms with Crippen LogP contribution in [0, 0.1) is 5.41 Å². The predicted molar refractivity (Wildman–Crippen MR) is 82.4 cm³/mol. The second-order valence-corrected chi connectivity index (χ2v) is 7.03. The minimum Gasteiger partial charge on any atom is -0.480 e. The van der Waals surface area contributed by atoms with Crippen molar-refractivity contribution in [1.82, 2.24) is 10.2 Å². The average Bonchev–Trinajstić information content (AvgIpc) is 2.90. The van der Waals surface area contributed by atoms with E-state index in [1.165, 1.54) is 4.90 Å². The number of hydrogen-bond donors (Lipinski definition) is 2. The number of carboxylic acid groups (broad SMARTS) is 1. The zero-order valence-electron chi connectivity index (χ0n) is 12.6. The van der Waals surface area contributed by atoms with E-state index in [4.69, 9.17) is 0 Å². The third kappa shape index (κ3) is 3.37. The Kier molecular flexibility index (Phi) is 4.56. The van der Waals surface area contributed by atoms with E-state index in [-0.39, 0.29) is 12.1 Å². The lowest BCUT2D eigenvalue weighted by atomic mass is 9.76. The minimum atomic E-state index is -0.932. The third-order valence-corrected chi connectivity index (χ3v) is 4.85. The number of carbonyl (C=O) groups is 2. The molecule has 5 nitrogen and oxygen atoms in total. The Bertz CT molecular complexity index is 513. The van der Waals surface area contributed by atoms with Crippen LogP contribution < -0.4 is 5.32 Å². The summed E-state index contributed by atoms with van der Waals surface area (Å²) in [5.74, 6) is -0.932. The number of aliphatic carboxylic acids is 1. The summed E-state index contributed by atoms with van der Waals surface area (Å²) in [6.07, 6.45) is 1.64. The molecule has 2 atom stereocenters. The summed E-state index contributed by atoms with van der Waals surface area (Å²) in [5.41, 5.74) is 0.629. The molecule has 2 unspecified atom stereocenters. The van der Waals surface area contributed by atoms with Crippen molar-refractivity contribution in [3.05, 3.63) is 22.4 Å². The Morgan fingerprint density at radius 1 is 1.52 bits per heavy atom. The second-order valence-electron chi connectivity index (χ2n) is 6.25. The number of thiophene rings is 1. The van der Waals surface area contributed by atoms with Crippen LogP contribution in [0.5, 0.6) is 0 Å². The van der Waals surface area contributed by atoms with Crippen molar-refractivity contribution in [1.29, 1.82) is 0 Å². The van der Waals surface area contributed by atoms with E-state index in [0.717, 1.165) is 18.4 Å². The highest BCUT2D eigenvalue weighted by Gasteiger charge is 2.44. The molecule has 2 amide bonds. The molecule has 1 aromatic heterocycles. The molecule has 0 spiro atoms. The molecule has 0 saturated carbocycles. The number of rotatable bonds is 3. The molecule has 0 radical (unpaired) electrons. The highest BCUT2D eigenvalue weighted by atomic mass is 32.1. The number of urea groups is 1. The molecule has 1 aromatic rings. The number of amides is 2. The molecule has 1 aliphatic heterocycles. The van der Waals surface area contributed by atoms with Crippen LogP contribution in [-0.4, -0.2) is 34.6 Å². The van der Waals surface area contributed by atoms with Crippen molar-refractivity contribution in [2.24, 2.45) is 5.41 Å². The van der Waals surface area contributed by atoms with Crippen molar-refractivity contribution in [3.8, 4) is 0 Å². The van der Waals surface area contributed by atoms with Gasteiger partial charge in [-0.25, -0.2) is 9.59 Å². The molecule has 2 N–H and O–H groups in total. The summed E-state index contributed by atoms with van der Waals surface area (Å²) < 4.78 is 0. The van der Waals surface area contributed by atoms with Gasteiger partial charge in [0.1, 0.15) is 6.04 Å². The number of carboxylic acids is 1. The van der Waals surface area contributed by atoms with E-state index in [2.05, 4.69) is 5.32 Å². The van der Waals surface area contributed by atoms with Gasteiger partial charge >= 0.3 is 12.0 Å². The smallest absolute Gasteiger partial charge is 0.327 e. The van der Waals surface area contributed by atoms with Gasteiger partial charge in [0.05, 0.1) is 6.04 Å². The molecule has 0 aromatic carbocycles. The first-order valence-corrected chi connectivity index (χ1v) is 8.09. The highest BCUT2D eigenvalue weighted by molar-refractivity contribution is 7.07. The van der Waals surface area contributed by atoms with Crippen LogP contribution >= 0.6 is 11.3 Å². The lowest BCUT2D eigenvalue weighted by molar-refractivity contribution is -0.148. The first-order chi connectivity index (χ1) is 9.83. The molecule has 2 heterocycles. The number of nitrogens with one attached hydrogen (secondary N) is 1. The second kappa shape index (κ2) is 6.05. The number of piperidine rings is 1. The van der Waals surface area contributed by atoms with Gasteiger partial charge in [-0.1, -0.05) is 13.8 Å². The number of likely N-dealkylation sites (tertiary alicyclic amines) is 1. The molecular formula is C15H22N2O3S. The summed E-state index contributed by atoms with van der Waals surface area (Å²) in [4.78, 5) is 25.5. The topological polar surface area (TPSA) is 69.6 Å². The van der Waals surface area contributed by atoms with Crippen molar-refractivity contribution in [3.63, 3.8) is 0 Å². The number of hydrogen-bond acceptors (Lipinski definition) is 3. The maximum Gasteiger partial charge on any atom is 0.327 e. The lowest BCUT2D eigenvalue weighted by Gasteiger charge is -2.44. The summed E-state index contributed by atoms with van der Waals surface area (Å²) >= 11 is 1.58. The van der Waals surface area contributed by atoms with E-state index < -0.39 is 17.4 Å². The van der Waals surface area contributed by atoms with Gasteiger partial charge in [-0.3, -0.25) is 0 Å². The maximum absolute atomic E-state index is 12.5. The third-order valence-electron chi connectivity index (χ3n) is 4.15. The first kappa shape index (κ1) is 15.8. The summed E-state index contributed by atoms with van der Waals surface area (Å²) in [7, 11) is 0. The van der Waals surface area contributed by atoms with Crippen LogP contribution in [0.25, 0.3) is 0 Å². The minimum absolute atomic E-state index is 0.122. The Balaban J connectivity index is 2.11. The molecule has 21 heavy (non-hydrogen) atoms. The van der Waals surface area contributed by atoms with Crippen LogP contribution in [0.3, 0.4) is 0 Å². The quantitative estimate of drug-likeness (QED) is 0.901. The zero-order valence-corrected chi connectivity index (χ0v) is 13.4. The fourth-order valence-electron chi connectivity index (χ4n) is 2.95. The average molecular weight is 310 g/mol. The standard InChI is InChI=1S/C15H22N2O3S/c1-10(11-5-8-21-9-11)16-14(20)17-7-4-6-15(2,3)12(17)13(18)19/h5,8-10,12H,4,6-7H2,1-3H3,(H,16,20)(H,18,19). The summed E-state index contributed by atoms with van der Waals surface area (Å²) in [5, 5.41) is 16.3. The van der Waals surface area contributed by atoms with Gasteiger partial charge in [-0.2, -0.15) is 11.3 Å². The van der Waals surface area contributed by atoms with Crippen molar-refractivity contribution in [2.75, 3.05) is 6.54 Å². The molecule has 1 saturated heterocycles. The van der Waals surface area contributed by atoms with Crippen LogP contribution in [-0.2, 0) is 4.79 Å². The largest absolute Gasteiger partial charge is 0.480 e. The predicted octanol–water partition coefficient (Wildman–Crippen LogP) is 3.09. The molecule has 0 bridgehead atoms. The van der Waals surface area contributed by atoms with Gasteiger partial charge in [0, 0.05) is 6.54 Å². The summed E-state index contributed by atoms with van der Waals surface area (Å²) in [6.45, 7) is 6.22. The monoisotopic (exact) mass is 310 g/mol. The Hall–Kier alpha value is -1.56. The fraction of sp³-hybridized carbons (Fsp3) is 0.600. The van der Waals surface area contributed by atoms with E-state index >= 15 is 0 Å². The molecule has 1 aliphatic rings. The Labute approximate surface area is 129 Å². The van der Waals surface area contributed by atoms with Gasteiger partial charge in [0.25, 0.3) is 0 Å². The molecule has 0 aliphatic carbocycles. The van der Waals surface area contributed by atoms with Crippen molar-refractivity contribution in [2.45, 2.75) is 45.7 Å². The SMILES string of the molecule is CC(NC(=O)N1CCCC(C)(C)C1C(=O)O)c1ccsc1. The van der Waals surface area contributed by atoms with Crippen LogP contribution in [0.15, 0.2) is 16.8 Å². The van der Waals surface area contributed by atoms with Crippen LogP contribution in [0.1, 0.15) is 45.2 Å². The highest BCUT2D eigenvalue weighted by Crippen LogP contribution is 2.35. The number of carbonyl (C=O) groups excluding carboxylic acids is 1. The first-order valence-electron chi connectivity index (χ1n) is 7.15. The van der Waals surface area contributed by atoms with Gasteiger partial charge < -0.3 is 15.3 Å². The molecule has 116 valence electrons. The van der Waals surface area contributed by atoms with Crippen LogP contribution in [0.2, 0.25) is 0 Å². The molecule has 6 heteroatoms. The van der Waals surface area contributed by atoms with Gasteiger partial charge in [-0.15, -0.1) is 0 Å². The fourth-order valence-corrected chi connectivity index (χ4v) is 3.71. The van der Waals surface area contributed by atoms with Gasteiger partial charge in [0.15, 0.2) is 0 Å². The van der Waals surface area contributed by atoms with E-state index in [1.54, 1.807) is 11.3 Å². The van der Waals surface area contributed by atoms with Crippen molar-refractivity contribution >= 4 is 23.3 Å². The lowest BCUT2D eigenvalue weighted by Crippen LogP contribution is -2.58. The van der Waals surface area contributed by atoms with Crippen molar-refractivity contribution < 1.29 is 14.7 Å². The Morgan fingerprint density at radius 2 is 2.24 bits per heavy atom. The molecule has 2 rings (SSSR count). The van der Waals surface area contributed by atoms with Crippen LogP contribution in [0.4, 0.5) is 4.79 Å². The zero-order chi connectivity index (χ0) is 15.6. The molecular weight excluding hydrogens is 288 g/mol. The number of nitrogens with zero attached hydrogens (tertiary/aromatic N) is 1. The maximum atomic E-state index is 12.5. The molecule has 1 fully saturated rings. The van der Waals surface area contributed by atoms with E-state index in [1.807, 2.05) is 37.6 Å². The van der Waals surface area contributed by atoms with Gasteiger partial charge in [0.2, 0.25) is 0 Å². The Morgan fingerprint density at radius 3 is 2.81 bits per heavy atom. The van der Waals surface area contributed by atoms with Gasteiger partial charge in [-0.05, 0) is 47.6 Å². The van der Waals surface area contributed by atoms with E-state index in [9.17, 15) is 14.7 Å². The summed E-state index contributed by atoms with van der Waals surface area (Å²) in [6, 6.07) is 0.766. The van der Waals surface area contributed by atoms with E-state index in [0.29, 0.717) is 6.54 Å². The normalized spacial score (nSPS) is 22.6.